The van der Waals surface area contributed by atoms with E-state index in [4.69, 9.17) is 25.0 Å². The molecular weight excluding hydrogens is 641 g/mol. The van der Waals surface area contributed by atoms with E-state index in [-0.39, 0.29) is 17.8 Å². The Balaban J connectivity index is 1.10. The summed E-state index contributed by atoms with van der Waals surface area (Å²) in [5, 5.41) is 25.7. The third-order valence-electron chi connectivity index (χ3n) is 9.82. The van der Waals surface area contributed by atoms with Crippen LogP contribution in [0.25, 0.3) is 49.5 Å². The summed E-state index contributed by atoms with van der Waals surface area (Å²) >= 11 is 0. The van der Waals surface area contributed by atoms with E-state index in [0.717, 1.165) is 84.9 Å². The maximum atomic E-state index is 9.08. The third kappa shape index (κ3) is 5.70. The van der Waals surface area contributed by atoms with Gasteiger partial charge in [0.25, 0.3) is 0 Å². The van der Waals surface area contributed by atoms with Crippen LogP contribution in [-0.4, -0.2) is 17.6 Å². The van der Waals surface area contributed by atoms with Gasteiger partial charge in [-0.25, -0.2) is 4.99 Å². The summed E-state index contributed by atoms with van der Waals surface area (Å²) in [5.41, 5.74) is 8.77. The van der Waals surface area contributed by atoms with E-state index in [9.17, 15) is 0 Å². The number of fused-ring (bicyclic) bond motifs is 4. The first-order valence-electron chi connectivity index (χ1n) is 17.5. The first kappa shape index (κ1) is 31.2. The molecule has 52 heavy (non-hydrogen) atoms. The highest BCUT2D eigenvalue weighted by atomic mass is 16.5. The molecule has 3 N–H and O–H groups in total. The van der Waals surface area contributed by atoms with E-state index in [1.54, 1.807) is 0 Å². The van der Waals surface area contributed by atoms with Crippen LogP contribution in [0.4, 0.5) is 0 Å². The van der Waals surface area contributed by atoms with Crippen LogP contribution in [0.3, 0.4) is 0 Å². The van der Waals surface area contributed by atoms with Gasteiger partial charge in [-0.05, 0) is 70.7 Å². The van der Waals surface area contributed by atoms with E-state index in [1.807, 2.05) is 84.9 Å². The fourth-order valence-corrected chi connectivity index (χ4v) is 7.23. The van der Waals surface area contributed by atoms with Crippen LogP contribution in [0.1, 0.15) is 41.1 Å². The normalized spacial score (nSPS) is 15.5. The number of hydrogen-bond acceptors (Lipinski definition) is 6. The van der Waals surface area contributed by atoms with E-state index >= 15 is 0 Å². The van der Waals surface area contributed by atoms with Gasteiger partial charge in [0.1, 0.15) is 17.0 Å². The number of benzene rings is 6. The highest BCUT2D eigenvalue weighted by molar-refractivity contribution is 6.13. The van der Waals surface area contributed by atoms with Crippen LogP contribution in [0.5, 0.6) is 0 Å². The molecule has 9 rings (SSSR count). The molecule has 0 amide bonds. The molecule has 0 radical (unpaired) electrons. The molecule has 2 aliphatic rings. The van der Waals surface area contributed by atoms with Crippen LogP contribution in [0.2, 0.25) is 0 Å². The van der Waals surface area contributed by atoms with Crippen molar-refractivity contribution < 1.29 is 9.15 Å². The molecule has 0 saturated heterocycles. The number of nitrogens with one attached hydrogen (secondary N) is 3. The first-order chi connectivity index (χ1) is 25.6. The third-order valence-corrected chi connectivity index (χ3v) is 9.82. The number of nitrogens with zero attached hydrogens (tertiary/aromatic N) is 1. The molecule has 6 nitrogen and oxygen atoms in total. The Kier molecular flexibility index (Phi) is 7.90. The van der Waals surface area contributed by atoms with Gasteiger partial charge in [0.2, 0.25) is 11.8 Å². The summed E-state index contributed by atoms with van der Waals surface area (Å²) in [6.45, 7) is 0. The second-order valence-corrected chi connectivity index (χ2v) is 13.0. The molecule has 250 valence electrons. The number of aliphatic imine (C=N–C) groups is 1. The minimum absolute atomic E-state index is 0.0758. The lowest BCUT2D eigenvalue weighted by atomic mass is 9.95. The predicted molar refractivity (Wildman–Crippen MR) is 212 cm³/mol. The maximum Gasteiger partial charge on any atom is 0.221 e. The van der Waals surface area contributed by atoms with Gasteiger partial charge in [0, 0.05) is 33.0 Å². The van der Waals surface area contributed by atoms with Crippen LogP contribution in [0, 0.1) is 10.8 Å². The van der Waals surface area contributed by atoms with Gasteiger partial charge in [-0.15, -0.1) is 0 Å². The van der Waals surface area contributed by atoms with Crippen molar-refractivity contribution in [2.75, 3.05) is 0 Å². The molecule has 1 unspecified atom stereocenters. The Hall–Kier alpha value is -6.79. The average Bonchev–Trinajstić information content (AvgIpc) is 3.59. The number of ether oxygens (including phenoxy) is 1. The Bertz CT molecular complexity index is 2670. The number of furan rings is 1. The molecule has 0 bridgehead atoms. The van der Waals surface area contributed by atoms with Gasteiger partial charge in [-0.1, -0.05) is 127 Å². The van der Waals surface area contributed by atoms with E-state index in [1.165, 1.54) is 0 Å². The van der Waals surface area contributed by atoms with Gasteiger partial charge in [0.05, 0.1) is 11.7 Å². The van der Waals surface area contributed by atoms with Crippen LogP contribution in [0.15, 0.2) is 173 Å². The van der Waals surface area contributed by atoms with Crippen molar-refractivity contribution in [3.05, 3.63) is 186 Å². The number of allylic oxidation sites excluding steroid dienone is 3. The smallest absolute Gasteiger partial charge is 0.221 e. The molecule has 1 atom stereocenters. The zero-order valence-corrected chi connectivity index (χ0v) is 28.3. The SMILES string of the molecule is N=C(OC(=N)c1cccc2ccccc12)c1ccccc1C1=CC(c2ccc3oc4c(-c5ccccc5)cccc4c3c2)NC(C2=CC=CCC2)=N1. The topological polar surface area (TPSA) is 94.5 Å². The zero-order valence-electron chi connectivity index (χ0n) is 28.3. The van der Waals surface area contributed by atoms with Crippen molar-refractivity contribution in [2.24, 2.45) is 4.99 Å². The van der Waals surface area contributed by atoms with E-state index in [0.29, 0.717) is 11.1 Å². The molecule has 0 spiro atoms. The first-order valence-corrected chi connectivity index (χ1v) is 17.5. The van der Waals surface area contributed by atoms with Gasteiger partial charge < -0.3 is 14.5 Å². The highest BCUT2D eigenvalue weighted by Gasteiger charge is 2.25. The summed E-state index contributed by atoms with van der Waals surface area (Å²) < 4.78 is 12.5. The summed E-state index contributed by atoms with van der Waals surface area (Å²) in [4.78, 5) is 5.16. The number of hydrogen-bond donors (Lipinski definition) is 3. The van der Waals surface area contributed by atoms with Crippen molar-refractivity contribution in [1.82, 2.24) is 5.32 Å². The fourth-order valence-electron chi connectivity index (χ4n) is 7.23. The molecule has 1 aliphatic carbocycles. The number of amidine groups is 1. The Morgan fingerprint density at radius 3 is 2.33 bits per heavy atom. The molecule has 6 aromatic carbocycles. The van der Waals surface area contributed by atoms with Gasteiger partial charge in [0.15, 0.2) is 0 Å². The zero-order chi connectivity index (χ0) is 35.0. The van der Waals surface area contributed by atoms with Crippen molar-refractivity contribution >= 4 is 56.0 Å². The number of rotatable bonds is 6. The fraction of sp³-hybridized carbons (Fsp3) is 0.0652. The molecule has 0 fully saturated rings. The molecule has 2 heterocycles. The van der Waals surface area contributed by atoms with Crippen molar-refractivity contribution in [1.29, 1.82) is 10.8 Å². The molecule has 7 aromatic rings. The Labute approximate surface area is 301 Å². The molecule has 1 aliphatic heterocycles. The van der Waals surface area contributed by atoms with Gasteiger partial charge in [-0.2, -0.15) is 0 Å². The molecule has 1 aromatic heterocycles. The number of para-hydroxylation sites is 1. The Morgan fingerprint density at radius 2 is 1.44 bits per heavy atom. The predicted octanol–water partition coefficient (Wildman–Crippen LogP) is 11.1. The highest BCUT2D eigenvalue weighted by Crippen LogP contribution is 2.38. The van der Waals surface area contributed by atoms with Crippen LogP contribution >= 0.6 is 0 Å². The minimum Gasteiger partial charge on any atom is -0.455 e. The van der Waals surface area contributed by atoms with Gasteiger partial charge >= 0.3 is 0 Å². The summed E-state index contributed by atoms with van der Waals surface area (Å²) in [7, 11) is 0. The van der Waals surface area contributed by atoms with Crippen LogP contribution in [-0.2, 0) is 4.74 Å². The monoisotopic (exact) mass is 674 g/mol. The van der Waals surface area contributed by atoms with Crippen molar-refractivity contribution in [3.63, 3.8) is 0 Å². The lowest BCUT2D eigenvalue weighted by molar-refractivity contribution is 0.538. The largest absolute Gasteiger partial charge is 0.455 e. The molecule has 6 heteroatoms. The standard InChI is InChI=1S/C46H34N4O2/c47-44(37-24-11-18-29-15-7-8-19-33(29)37)52-45(48)38-21-10-9-20-35(38)41-28-40(49-46(50-41)31-16-5-2-6-17-31)32-25-26-42-39(27-32)36-23-12-22-34(43(36)51-42)30-13-3-1-4-14-30/h1-5,7-16,18-28,40,47-48H,6,17H2,(H,49,50). The molecular formula is C46H34N4O2. The minimum atomic E-state index is -0.210. The van der Waals surface area contributed by atoms with Crippen molar-refractivity contribution in [3.8, 4) is 11.1 Å². The second-order valence-electron chi connectivity index (χ2n) is 13.0. The quantitative estimate of drug-likeness (QED) is 0.121. The lowest BCUT2D eigenvalue weighted by Crippen LogP contribution is -2.32. The van der Waals surface area contributed by atoms with Crippen molar-refractivity contribution in [2.45, 2.75) is 18.9 Å². The average molecular weight is 675 g/mol. The van der Waals surface area contributed by atoms with Gasteiger partial charge in [-0.3, -0.25) is 10.8 Å². The second kappa shape index (κ2) is 13.2. The Morgan fingerprint density at radius 1 is 0.712 bits per heavy atom. The summed E-state index contributed by atoms with van der Waals surface area (Å²) in [6, 6.07) is 44.2. The van der Waals surface area contributed by atoms with Crippen LogP contribution < -0.4 is 5.32 Å². The molecule has 0 saturated carbocycles. The van der Waals surface area contributed by atoms with E-state index < -0.39 is 0 Å². The van der Waals surface area contributed by atoms with E-state index in [2.05, 4.69) is 78.2 Å². The summed E-state index contributed by atoms with van der Waals surface area (Å²) in [5.74, 6) is 0.621. The lowest BCUT2D eigenvalue weighted by Gasteiger charge is -2.26. The summed E-state index contributed by atoms with van der Waals surface area (Å²) in [6.07, 6.45) is 10.3. The maximum absolute atomic E-state index is 9.08.